The minimum atomic E-state index is 0.0110. The van der Waals surface area contributed by atoms with Gasteiger partial charge in [-0.15, -0.1) is 0 Å². The molecule has 1 aromatic carbocycles. The van der Waals surface area contributed by atoms with E-state index in [0.29, 0.717) is 17.0 Å². The molecule has 1 aliphatic rings. The van der Waals surface area contributed by atoms with Gasteiger partial charge in [0, 0.05) is 13.1 Å². The van der Waals surface area contributed by atoms with Gasteiger partial charge in [-0.25, -0.2) is 0 Å². The molecule has 1 amide bonds. The van der Waals surface area contributed by atoms with Crippen molar-refractivity contribution in [3.63, 3.8) is 0 Å². The predicted molar refractivity (Wildman–Crippen MR) is 76.3 cm³/mol. The monoisotopic (exact) mass is 262 g/mol. The van der Waals surface area contributed by atoms with E-state index in [1.807, 2.05) is 4.90 Å². The van der Waals surface area contributed by atoms with Gasteiger partial charge in [0.05, 0.1) is 18.4 Å². The van der Waals surface area contributed by atoms with Crippen molar-refractivity contribution in [2.24, 2.45) is 5.41 Å². The van der Waals surface area contributed by atoms with Crippen LogP contribution in [0.2, 0.25) is 0 Å². The van der Waals surface area contributed by atoms with Crippen molar-refractivity contribution in [3.8, 4) is 5.75 Å². The van der Waals surface area contributed by atoms with Crippen molar-refractivity contribution in [1.29, 1.82) is 0 Å². The second kappa shape index (κ2) is 5.11. The number of piperidine rings is 1. The quantitative estimate of drug-likeness (QED) is 0.833. The number of methoxy groups -OCH3 is 1. The fraction of sp³-hybridized carbons (Fsp3) is 0.533. The van der Waals surface area contributed by atoms with E-state index >= 15 is 0 Å². The lowest BCUT2D eigenvalue weighted by molar-refractivity contribution is 0.0580. The number of benzene rings is 1. The number of nitrogens with two attached hydrogens (primary N) is 1. The van der Waals surface area contributed by atoms with Gasteiger partial charge in [0.15, 0.2) is 5.75 Å². The van der Waals surface area contributed by atoms with Crippen LogP contribution in [0.1, 0.15) is 37.0 Å². The molecule has 0 aliphatic carbocycles. The van der Waals surface area contributed by atoms with E-state index in [1.165, 1.54) is 0 Å². The fourth-order valence-corrected chi connectivity index (χ4v) is 2.72. The Labute approximate surface area is 114 Å². The number of rotatable bonds is 2. The first kappa shape index (κ1) is 13.7. The number of nitrogen functional groups attached to an aromatic ring is 1. The maximum atomic E-state index is 12.6. The van der Waals surface area contributed by atoms with Crippen molar-refractivity contribution in [1.82, 2.24) is 4.90 Å². The van der Waals surface area contributed by atoms with Gasteiger partial charge in [0.1, 0.15) is 0 Å². The predicted octanol–water partition coefficient (Wildman–Crippen LogP) is 2.54. The molecule has 104 valence electrons. The topological polar surface area (TPSA) is 55.6 Å². The summed E-state index contributed by atoms with van der Waals surface area (Å²) >= 11 is 0. The van der Waals surface area contributed by atoms with Gasteiger partial charge < -0.3 is 15.4 Å². The summed E-state index contributed by atoms with van der Waals surface area (Å²) in [7, 11) is 1.54. The van der Waals surface area contributed by atoms with Crippen LogP contribution in [-0.2, 0) is 0 Å². The van der Waals surface area contributed by atoms with Crippen LogP contribution in [0.25, 0.3) is 0 Å². The average Bonchev–Trinajstić information content (AvgIpc) is 2.36. The van der Waals surface area contributed by atoms with E-state index in [-0.39, 0.29) is 11.3 Å². The fourth-order valence-electron chi connectivity index (χ4n) is 2.72. The third-order valence-electron chi connectivity index (χ3n) is 3.67. The number of carbonyl (C=O) groups is 1. The molecule has 0 atom stereocenters. The number of para-hydroxylation sites is 1. The number of nitrogens with zero attached hydrogens (tertiary/aromatic N) is 1. The number of anilines is 1. The SMILES string of the molecule is COc1c(N)cccc1C(=O)N1CCCC(C)(C)C1. The van der Waals surface area contributed by atoms with Crippen molar-refractivity contribution in [2.75, 3.05) is 25.9 Å². The Bertz CT molecular complexity index is 483. The first-order chi connectivity index (χ1) is 8.94. The highest BCUT2D eigenvalue weighted by Gasteiger charge is 2.30. The Kier molecular flexibility index (Phi) is 3.69. The number of carbonyl (C=O) groups excluding carboxylic acids is 1. The molecule has 19 heavy (non-hydrogen) atoms. The van der Waals surface area contributed by atoms with Gasteiger partial charge in [-0.1, -0.05) is 19.9 Å². The molecule has 1 aromatic rings. The second-order valence-corrected chi connectivity index (χ2v) is 5.92. The van der Waals surface area contributed by atoms with Crippen LogP contribution >= 0.6 is 0 Å². The third-order valence-corrected chi connectivity index (χ3v) is 3.67. The summed E-state index contributed by atoms with van der Waals surface area (Å²) in [5.41, 5.74) is 7.10. The summed E-state index contributed by atoms with van der Waals surface area (Å²) in [4.78, 5) is 14.5. The molecule has 1 fully saturated rings. The number of likely N-dealkylation sites (tertiary alicyclic amines) is 1. The van der Waals surface area contributed by atoms with Gasteiger partial charge in [-0.05, 0) is 30.4 Å². The Balaban J connectivity index is 2.27. The molecule has 0 aromatic heterocycles. The second-order valence-electron chi connectivity index (χ2n) is 5.92. The molecular formula is C15H22N2O2. The number of ether oxygens (including phenoxy) is 1. The van der Waals surface area contributed by atoms with E-state index in [2.05, 4.69) is 13.8 Å². The molecule has 1 aliphatic heterocycles. The van der Waals surface area contributed by atoms with E-state index in [1.54, 1.807) is 25.3 Å². The van der Waals surface area contributed by atoms with Crippen LogP contribution in [0.3, 0.4) is 0 Å². The molecule has 1 heterocycles. The van der Waals surface area contributed by atoms with Crippen LogP contribution in [0.15, 0.2) is 18.2 Å². The molecule has 1 saturated heterocycles. The van der Waals surface area contributed by atoms with Gasteiger partial charge in [0.25, 0.3) is 5.91 Å². The molecule has 2 N–H and O–H groups in total. The van der Waals surface area contributed by atoms with Crippen LogP contribution in [0, 0.1) is 5.41 Å². The van der Waals surface area contributed by atoms with E-state index < -0.39 is 0 Å². The van der Waals surface area contributed by atoms with Gasteiger partial charge in [-0.3, -0.25) is 4.79 Å². The Hall–Kier alpha value is -1.71. The zero-order chi connectivity index (χ0) is 14.0. The van der Waals surface area contributed by atoms with Crippen LogP contribution in [0.5, 0.6) is 5.75 Å². The minimum absolute atomic E-state index is 0.0110. The molecule has 2 rings (SSSR count). The molecule has 0 unspecified atom stereocenters. The zero-order valence-corrected chi connectivity index (χ0v) is 11.9. The molecule has 0 saturated carbocycles. The number of amides is 1. The Morgan fingerprint density at radius 1 is 1.42 bits per heavy atom. The average molecular weight is 262 g/mol. The molecule has 0 radical (unpaired) electrons. The maximum Gasteiger partial charge on any atom is 0.257 e. The van der Waals surface area contributed by atoms with Crippen LogP contribution < -0.4 is 10.5 Å². The highest BCUT2D eigenvalue weighted by atomic mass is 16.5. The molecule has 4 nitrogen and oxygen atoms in total. The van der Waals surface area contributed by atoms with Crippen LogP contribution in [-0.4, -0.2) is 31.0 Å². The van der Waals surface area contributed by atoms with Gasteiger partial charge >= 0.3 is 0 Å². The number of hydrogen-bond donors (Lipinski definition) is 1. The summed E-state index contributed by atoms with van der Waals surface area (Å²) in [6, 6.07) is 5.31. The van der Waals surface area contributed by atoms with Crippen molar-refractivity contribution in [2.45, 2.75) is 26.7 Å². The third kappa shape index (κ3) is 2.83. The van der Waals surface area contributed by atoms with Crippen molar-refractivity contribution >= 4 is 11.6 Å². The lowest BCUT2D eigenvalue weighted by Gasteiger charge is -2.38. The summed E-state index contributed by atoms with van der Waals surface area (Å²) in [5.74, 6) is 0.493. The standard InChI is InChI=1S/C15H22N2O2/c1-15(2)8-5-9-17(10-15)14(18)11-6-4-7-12(16)13(11)19-3/h4,6-7H,5,8-10,16H2,1-3H3. The van der Waals surface area contributed by atoms with Gasteiger partial charge in [0.2, 0.25) is 0 Å². The van der Waals surface area contributed by atoms with Crippen molar-refractivity contribution < 1.29 is 9.53 Å². The lowest BCUT2D eigenvalue weighted by atomic mass is 9.84. The maximum absolute atomic E-state index is 12.6. The van der Waals surface area contributed by atoms with E-state index in [9.17, 15) is 4.79 Å². The van der Waals surface area contributed by atoms with Crippen molar-refractivity contribution in [3.05, 3.63) is 23.8 Å². The van der Waals surface area contributed by atoms with E-state index in [4.69, 9.17) is 10.5 Å². The largest absolute Gasteiger partial charge is 0.494 e. The summed E-state index contributed by atoms with van der Waals surface area (Å²) in [6.07, 6.45) is 2.20. The highest BCUT2D eigenvalue weighted by Crippen LogP contribution is 2.32. The normalized spacial score (nSPS) is 18.2. The van der Waals surface area contributed by atoms with Gasteiger partial charge in [-0.2, -0.15) is 0 Å². The Morgan fingerprint density at radius 3 is 2.79 bits per heavy atom. The van der Waals surface area contributed by atoms with Crippen LogP contribution in [0.4, 0.5) is 5.69 Å². The highest BCUT2D eigenvalue weighted by molar-refractivity contribution is 5.98. The Morgan fingerprint density at radius 2 is 2.16 bits per heavy atom. The lowest BCUT2D eigenvalue weighted by Crippen LogP contribution is -2.43. The molecule has 4 heteroatoms. The molecule has 0 spiro atoms. The molecule has 0 bridgehead atoms. The van der Waals surface area contributed by atoms with E-state index in [0.717, 1.165) is 25.9 Å². The summed E-state index contributed by atoms with van der Waals surface area (Å²) < 4.78 is 5.27. The molecular weight excluding hydrogens is 240 g/mol. The summed E-state index contributed by atoms with van der Waals surface area (Å²) in [6.45, 7) is 5.98. The first-order valence-corrected chi connectivity index (χ1v) is 6.66. The summed E-state index contributed by atoms with van der Waals surface area (Å²) in [5, 5.41) is 0. The smallest absolute Gasteiger partial charge is 0.257 e. The minimum Gasteiger partial charge on any atom is -0.494 e. The first-order valence-electron chi connectivity index (χ1n) is 6.66. The number of hydrogen-bond acceptors (Lipinski definition) is 3. The zero-order valence-electron chi connectivity index (χ0n) is 11.9.